The summed E-state index contributed by atoms with van der Waals surface area (Å²) in [4.78, 5) is 4.13. The van der Waals surface area contributed by atoms with Crippen LogP contribution in [0.25, 0.3) is 0 Å². The zero-order chi connectivity index (χ0) is 13.7. The quantitative estimate of drug-likeness (QED) is 0.824. The second-order valence-electron chi connectivity index (χ2n) is 4.03. The summed E-state index contributed by atoms with van der Waals surface area (Å²) in [5.41, 5.74) is 0. The molecule has 1 atom stereocenters. The van der Waals surface area contributed by atoms with Crippen LogP contribution in [0.4, 0.5) is 4.39 Å². The standard InChI is InChI=1S/C13H15FN2O2S/c1-16-7-6-15-13(16)19-9-10(17)8-18-12-5-3-2-4-11(12)14/h2-7,10,17H,8-9H2,1H3. The van der Waals surface area contributed by atoms with E-state index in [0.29, 0.717) is 5.75 Å². The molecule has 0 saturated heterocycles. The van der Waals surface area contributed by atoms with Crippen molar-refractivity contribution in [2.45, 2.75) is 11.3 Å². The lowest BCUT2D eigenvalue weighted by Gasteiger charge is -2.12. The monoisotopic (exact) mass is 282 g/mol. The third-order valence-corrected chi connectivity index (χ3v) is 3.65. The number of hydrogen-bond donors (Lipinski definition) is 1. The van der Waals surface area contributed by atoms with E-state index in [1.54, 1.807) is 18.3 Å². The van der Waals surface area contributed by atoms with Crippen LogP contribution < -0.4 is 4.74 Å². The Morgan fingerprint density at radius 2 is 2.26 bits per heavy atom. The molecule has 0 bridgehead atoms. The fourth-order valence-corrected chi connectivity index (χ4v) is 2.30. The zero-order valence-electron chi connectivity index (χ0n) is 10.5. The summed E-state index contributed by atoms with van der Waals surface area (Å²) in [6.07, 6.45) is 2.86. The number of aliphatic hydroxyl groups is 1. The Morgan fingerprint density at radius 3 is 2.95 bits per heavy atom. The molecule has 0 aliphatic carbocycles. The van der Waals surface area contributed by atoms with E-state index in [0.717, 1.165) is 5.16 Å². The van der Waals surface area contributed by atoms with Crippen molar-refractivity contribution in [2.75, 3.05) is 12.4 Å². The largest absolute Gasteiger partial charge is 0.488 e. The topological polar surface area (TPSA) is 47.3 Å². The Morgan fingerprint density at radius 1 is 1.47 bits per heavy atom. The summed E-state index contributed by atoms with van der Waals surface area (Å²) < 4.78 is 20.4. The van der Waals surface area contributed by atoms with E-state index in [9.17, 15) is 9.50 Å². The van der Waals surface area contributed by atoms with E-state index >= 15 is 0 Å². The van der Waals surface area contributed by atoms with Gasteiger partial charge in [-0.2, -0.15) is 0 Å². The third-order valence-electron chi connectivity index (χ3n) is 2.45. The fourth-order valence-electron chi connectivity index (χ4n) is 1.46. The summed E-state index contributed by atoms with van der Waals surface area (Å²) in [5.74, 6) is 0.175. The van der Waals surface area contributed by atoms with Gasteiger partial charge in [0.2, 0.25) is 0 Å². The van der Waals surface area contributed by atoms with Crippen molar-refractivity contribution < 1.29 is 14.2 Å². The molecule has 2 rings (SSSR count). The van der Waals surface area contributed by atoms with E-state index in [1.807, 2.05) is 17.8 Å². The first kappa shape index (κ1) is 13.9. The zero-order valence-corrected chi connectivity index (χ0v) is 11.3. The van der Waals surface area contributed by atoms with Crippen LogP contribution in [0.3, 0.4) is 0 Å². The van der Waals surface area contributed by atoms with Crippen molar-refractivity contribution >= 4 is 11.8 Å². The highest BCUT2D eigenvalue weighted by atomic mass is 32.2. The number of aryl methyl sites for hydroxylation is 1. The van der Waals surface area contributed by atoms with Gasteiger partial charge in [-0.05, 0) is 12.1 Å². The van der Waals surface area contributed by atoms with E-state index in [1.165, 1.54) is 23.9 Å². The minimum atomic E-state index is -0.679. The van der Waals surface area contributed by atoms with E-state index in [4.69, 9.17) is 4.74 Å². The van der Waals surface area contributed by atoms with Crippen LogP contribution in [0.15, 0.2) is 41.8 Å². The van der Waals surface area contributed by atoms with Gasteiger partial charge in [-0.3, -0.25) is 0 Å². The van der Waals surface area contributed by atoms with Crippen LogP contribution in [-0.2, 0) is 7.05 Å². The van der Waals surface area contributed by atoms with Crippen LogP contribution in [0.5, 0.6) is 5.75 Å². The number of halogens is 1. The minimum absolute atomic E-state index is 0.0539. The highest BCUT2D eigenvalue weighted by molar-refractivity contribution is 7.99. The summed E-state index contributed by atoms with van der Waals surface area (Å²) in [6, 6.07) is 6.14. The molecule has 0 fully saturated rings. The van der Waals surface area contributed by atoms with E-state index in [-0.39, 0.29) is 12.4 Å². The molecule has 0 aliphatic rings. The van der Waals surface area contributed by atoms with Crippen LogP contribution in [0.2, 0.25) is 0 Å². The van der Waals surface area contributed by atoms with Crippen molar-refractivity contribution in [1.82, 2.24) is 9.55 Å². The first-order chi connectivity index (χ1) is 9.16. The Bertz CT molecular complexity index is 533. The molecule has 1 aromatic carbocycles. The van der Waals surface area contributed by atoms with Gasteiger partial charge < -0.3 is 14.4 Å². The summed E-state index contributed by atoms with van der Waals surface area (Å²) >= 11 is 1.43. The van der Waals surface area contributed by atoms with Gasteiger partial charge in [0.1, 0.15) is 6.61 Å². The molecule has 1 N–H and O–H groups in total. The average Bonchev–Trinajstić information content (AvgIpc) is 2.81. The van der Waals surface area contributed by atoms with Gasteiger partial charge in [-0.25, -0.2) is 9.37 Å². The molecular formula is C13H15FN2O2S. The van der Waals surface area contributed by atoms with Crippen LogP contribution in [-0.4, -0.2) is 33.1 Å². The smallest absolute Gasteiger partial charge is 0.167 e. The summed E-state index contributed by atoms with van der Waals surface area (Å²) in [7, 11) is 1.89. The normalized spacial score (nSPS) is 12.4. The van der Waals surface area contributed by atoms with E-state index in [2.05, 4.69) is 4.98 Å². The van der Waals surface area contributed by atoms with Gasteiger partial charge in [0.05, 0.1) is 6.10 Å². The van der Waals surface area contributed by atoms with Gasteiger partial charge in [-0.15, -0.1) is 0 Å². The highest BCUT2D eigenvalue weighted by Crippen LogP contribution is 2.18. The van der Waals surface area contributed by atoms with Gasteiger partial charge >= 0.3 is 0 Å². The van der Waals surface area contributed by atoms with Gasteiger partial charge in [-0.1, -0.05) is 23.9 Å². The maximum atomic E-state index is 13.3. The Kier molecular flexibility index (Phi) is 4.81. The fraction of sp³-hybridized carbons (Fsp3) is 0.308. The molecule has 4 nitrogen and oxygen atoms in total. The molecule has 0 spiro atoms. The molecular weight excluding hydrogens is 267 g/mol. The molecule has 0 radical (unpaired) electrons. The Hall–Kier alpha value is -1.53. The molecule has 6 heteroatoms. The number of nitrogens with zero attached hydrogens (tertiary/aromatic N) is 2. The highest BCUT2D eigenvalue weighted by Gasteiger charge is 2.10. The molecule has 0 aliphatic heterocycles. The molecule has 1 heterocycles. The number of rotatable bonds is 6. The van der Waals surface area contributed by atoms with Gasteiger partial charge in [0, 0.05) is 25.2 Å². The first-order valence-corrected chi connectivity index (χ1v) is 6.81. The molecule has 1 unspecified atom stereocenters. The molecule has 19 heavy (non-hydrogen) atoms. The number of imidazole rings is 1. The SMILES string of the molecule is Cn1ccnc1SCC(O)COc1ccccc1F. The van der Waals surface area contributed by atoms with Crippen molar-refractivity contribution in [2.24, 2.45) is 7.05 Å². The number of benzene rings is 1. The van der Waals surface area contributed by atoms with Crippen LogP contribution >= 0.6 is 11.8 Å². The number of ether oxygens (including phenoxy) is 1. The number of aliphatic hydroxyl groups excluding tert-OH is 1. The van der Waals surface area contributed by atoms with Crippen LogP contribution in [0.1, 0.15) is 0 Å². The molecule has 2 aromatic rings. The molecule has 1 aromatic heterocycles. The maximum absolute atomic E-state index is 13.3. The molecule has 0 amide bonds. The second-order valence-corrected chi connectivity index (χ2v) is 5.01. The number of para-hydroxylation sites is 1. The molecule has 0 saturated carbocycles. The third kappa shape index (κ3) is 3.97. The van der Waals surface area contributed by atoms with Crippen LogP contribution in [0, 0.1) is 5.82 Å². The number of aromatic nitrogens is 2. The second kappa shape index (κ2) is 6.58. The number of thioether (sulfide) groups is 1. The van der Waals surface area contributed by atoms with Gasteiger partial charge in [0.15, 0.2) is 16.7 Å². The number of hydrogen-bond acceptors (Lipinski definition) is 4. The first-order valence-electron chi connectivity index (χ1n) is 5.82. The Labute approximate surface area is 115 Å². The van der Waals surface area contributed by atoms with Crippen molar-refractivity contribution in [1.29, 1.82) is 0 Å². The van der Waals surface area contributed by atoms with E-state index < -0.39 is 11.9 Å². The summed E-state index contributed by atoms with van der Waals surface area (Å²) in [6.45, 7) is 0.0539. The van der Waals surface area contributed by atoms with Crippen molar-refractivity contribution in [3.63, 3.8) is 0 Å². The lowest BCUT2D eigenvalue weighted by atomic mass is 10.3. The van der Waals surface area contributed by atoms with Gasteiger partial charge in [0.25, 0.3) is 0 Å². The summed E-state index contributed by atoms with van der Waals surface area (Å²) in [5, 5.41) is 10.6. The molecule has 102 valence electrons. The Balaban J connectivity index is 1.77. The average molecular weight is 282 g/mol. The predicted molar refractivity (Wildman–Crippen MR) is 71.8 cm³/mol. The maximum Gasteiger partial charge on any atom is 0.167 e. The lowest BCUT2D eigenvalue weighted by molar-refractivity contribution is 0.123. The minimum Gasteiger partial charge on any atom is -0.488 e. The van der Waals surface area contributed by atoms with Crippen molar-refractivity contribution in [3.05, 3.63) is 42.5 Å². The lowest BCUT2D eigenvalue weighted by Crippen LogP contribution is -2.20. The predicted octanol–water partition coefficient (Wildman–Crippen LogP) is 2.09. The van der Waals surface area contributed by atoms with Crippen molar-refractivity contribution in [3.8, 4) is 5.75 Å².